The van der Waals surface area contributed by atoms with E-state index in [9.17, 15) is 22.8 Å². The number of benzene rings is 2. The number of carbonyl (C=O) groups excluding carboxylic acids is 2. The molecule has 2 aliphatic rings. The summed E-state index contributed by atoms with van der Waals surface area (Å²) in [7, 11) is 2.51. The molecule has 0 bridgehead atoms. The summed E-state index contributed by atoms with van der Waals surface area (Å²) in [5.41, 5.74) is -3.21. The standard InChI is InChI=1S/C20H16F3N3O3/c1-25-13-10-6-7-11-14(13)26-16(25)15(17(27)29-2)19(20(21,22)23,24-18(26)28)12-8-4-3-5-9-12/h3-11H,1-2H3,(H,24,28)/t19-/m1/s1. The van der Waals surface area contributed by atoms with Gasteiger partial charge < -0.3 is 15.0 Å². The van der Waals surface area contributed by atoms with E-state index in [1.54, 1.807) is 30.3 Å². The highest BCUT2D eigenvalue weighted by Crippen LogP contribution is 2.52. The highest BCUT2D eigenvalue weighted by molar-refractivity contribution is 6.10. The van der Waals surface area contributed by atoms with Gasteiger partial charge in [-0.1, -0.05) is 42.5 Å². The number of esters is 1. The first-order valence-electron chi connectivity index (χ1n) is 8.64. The maximum Gasteiger partial charge on any atom is 0.420 e. The predicted molar refractivity (Wildman–Crippen MR) is 99.1 cm³/mol. The summed E-state index contributed by atoms with van der Waals surface area (Å²) in [6.07, 6.45) is -5.03. The SMILES string of the molecule is COC(=O)C1=C2N(C)c3ccccc3N2C(=O)N[C@@]1(c1ccccc1)C(F)(F)F. The van der Waals surface area contributed by atoms with Crippen LogP contribution in [-0.4, -0.2) is 32.3 Å². The van der Waals surface area contributed by atoms with Crippen LogP contribution in [0.4, 0.5) is 29.3 Å². The van der Waals surface area contributed by atoms with Crippen LogP contribution in [0.3, 0.4) is 0 Å². The second kappa shape index (κ2) is 6.26. The Balaban J connectivity index is 2.12. The number of rotatable bonds is 2. The van der Waals surface area contributed by atoms with Gasteiger partial charge in [0, 0.05) is 7.05 Å². The first kappa shape index (κ1) is 18.9. The number of urea groups is 1. The van der Waals surface area contributed by atoms with Gasteiger partial charge in [-0.05, 0) is 17.7 Å². The van der Waals surface area contributed by atoms with Crippen molar-refractivity contribution in [1.82, 2.24) is 5.32 Å². The fourth-order valence-electron chi connectivity index (χ4n) is 3.87. The molecule has 9 heteroatoms. The molecule has 4 rings (SSSR count). The second-order valence-corrected chi connectivity index (χ2v) is 6.62. The van der Waals surface area contributed by atoms with Crippen LogP contribution in [0.2, 0.25) is 0 Å². The summed E-state index contributed by atoms with van der Waals surface area (Å²) in [4.78, 5) is 28.2. The van der Waals surface area contributed by atoms with Crippen LogP contribution in [0.15, 0.2) is 66.0 Å². The molecule has 0 aliphatic carbocycles. The normalized spacial score (nSPS) is 20.9. The number of hydrogen-bond donors (Lipinski definition) is 1. The van der Waals surface area contributed by atoms with Crippen molar-refractivity contribution < 1.29 is 27.5 Å². The number of ether oxygens (including phenoxy) is 1. The van der Waals surface area contributed by atoms with Gasteiger partial charge in [0.05, 0.1) is 18.5 Å². The average Bonchev–Trinajstić information content (AvgIpc) is 3.00. The third-order valence-corrected chi connectivity index (χ3v) is 5.13. The fourth-order valence-corrected chi connectivity index (χ4v) is 3.87. The molecule has 0 unspecified atom stereocenters. The van der Waals surface area contributed by atoms with Gasteiger partial charge in [-0.3, -0.25) is 0 Å². The summed E-state index contributed by atoms with van der Waals surface area (Å²) in [5.74, 6) is -1.38. The van der Waals surface area contributed by atoms with E-state index in [1.807, 2.05) is 0 Å². The predicted octanol–water partition coefficient (Wildman–Crippen LogP) is 3.51. The van der Waals surface area contributed by atoms with Crippen LogP contribution in [-0.2, 0) is 15.1 Å². The zero-order valence-electron chi connectivity index (χ0n) is 15.4. The summed E-state index contributed by atoms with van der Waals surface area (Å²) < 4.78 is 48.6. The highest BCUT2D eigenvalue weighted by Gasteiger charge is 2.66. The van der Waals surface area contributed by atoms with Crippen LogP contribution < -0.4 is 15.1 Å². The molecule has 0 spiro atoms. The minimum atomic E-state index is -5.03. The topological polar surface area (TPSA) is 61.9 Å². The number of alkyl halides is 3. The third kappa shape index (κ3) is 2.43. The molecule has 29 heavy (non-hydrogen) atoms. The lowest BCUT2D eigenvalue weighted by Gasteiger charge is -2.44. The van der Waals surface area contributed by atoms with E-state index >= 15 is 0 Å². The minimum absolute atomic E-state index is 0.192. The smallest absolute Gasteiger partial charge is 0.420 e. The van der Waals surface area contributed by atoms with E-state index in [2.05, 4.69) is 5.32 Å². The number of carbonyl (C=O) groups is 2. The van der Waals surface area contributed by atoms with Crippen LogP contribution in [0.5, 0.6) is 0 Å². The summed E-state index contributed by atoms with van der Waals surface area (Å²) in [6, 6.07) is 12.4. The number of nitrogens with one attached hydrogen (secondary N) is 1. The van der Waals surface area contributed by atoms with Gasteiger partial charge in [0.25, 0.3) is 0 Å². The Bertz CT molecular complexity index is 1040. The van der Waals surface area contributed by atoms with Gasteiger partial charge in [0.2, 0.25) is 0 Å². The largest absolute Gasteiger partial charge is 0.465 e. The van der Waals surface area contributed by atoms with Crippen molar-refractivity contribution in [3.05, 3.63) is 71.6 Å². The Labute approximate surface area is 164 Å². The van der Waals surface area contributed by atoms with Crippen molar-refractivity contribution in [3.8, 4) is 0 Å². The number of hydrogen-bond acceptors (Lipinski definition) is 4. The van der Waals surface area contributed by atoms with Crippen LogP contribution in [0.1, 0.15) is 5.56 Å². The van der Waals surface area contributed by atoms with Crippen molar-refractivity contribution in [2.24, 2.45) is 0 Å². The van der Waals surface area contributed by atoms with Crippen LogP contribution in [0.25, 0.3) is 0 Å². The molecule has 1 N–H and O–H groups in total. The molecule has 2 aromatic rings. The molecule has 0 saturated carbocycles. The second-order valence-electron chi connectivity index (χ2n) is 6.62. The molecule has 0 aromatic heterocycles. The summed E-state index contributed by atoms with van der Waals surface area (Å²) in [5, 5.41) is 2.06. The molecule has 0 fully saturated rings. The molecule has 0 radical (unpaired) electrons. The maximum absolute atomic E-state index is 14.6. The van der Waals surface area contributed by atoms with Gasteiger partial charge in [-0.25, -0.2) is 14.5 Å². The number of nitrogens with zero attached hydrogens (tertiary/aromatic N) is 2. The Morgan fingerprint density at radius 1 is 1.03 bits per heavy atom. The Hall–Kier alpha value is -3.49. The van der Waals surface area contributed by atoms with E-state index in [-0.39, 0.29) is 11.4 Å². The van der Waals surface area contributed by atoms with Crippen molar-refractivity contribution in [1.29, 1.82) is 0 Å². The van der Waals surface area contributed by atoms with E-state index in [0.29, 0.717) is 11.4 Å². The lowest BCUT2D eigenvalue weighted by atomic mass is 9.80. The van der Waals surface area contributed by atoms with Crippen LogP contribution >= 0.6 is 0 Å². The third-order valence-electron chi connectivity index (χ3n) is 5.13. The van der Waals surface area contributed by atoms with Crippen LogP contribution in [0, 0.1) is 0 Å². The lowest BCUT2D eigenvalue weighted by Crippen LogP contribution is -2.65. The maximum atomic E-state index is 14.6. The van der Waals surface area contributed by atoms with E-state index < -0.39 is 29.3 Å². The zero-order chi connectivity index (χ0) is 21.0. The zero-order valence-corrected chi connectivity index (χ0v) is 15.4. The van der Waals surface area contributed by atoms with Crippen molar-refractivity contribution in [3.63, 3.8) is 0 Å². The quantitative estimate of drug-likeness (QED) is 0.780. The molecule has 2 aliphatic heterocycles. The van der Waals surface area contributed by atoms with Crippen molar-refractivity contribution in [2.45, 2.75) is 11.7 Å². The lowest BCUT2D eigenvalue weighted by molar-refractivity contribution is -0.190. The number of fused-ring (bicyclic) bond motifs is 3. The number of methoxy groups -OCH3 is 1. The van der Waals surface area contributed by atoms with Gasteiger partial charge in [-0.15, -0.1) is 0 Å². The number of para-hydroxylation sites is 2. The Morgan fingerprint density at radius 2 is 1.62 bits per heavy atom. The minimum Gasteiger partial charge on any atom is -0.465 e. The number of halogens is 3. The first-order chi connectivity index (χ1) is 13.7. The monoisotopic (exact) mass is 403 g/mol. The van der Waals surface area contributed by atoms with E-state index in [4.69, 9.17) is 4.74 Å². The van der Waals surface area contributed by atoms with Crippen molar-refractivity contribution in [2.75, 3.05) is 24.0 Å². The first-order valence-corrected chi connectivity index (χ1v) is 8.64. The van der Waals surface area contributed by atoms with E-state index in [1.165, 1.54) is 36.2 Å². The molecule has 2 heterocycles. The molecule has 150 valence electrons. The molecule has 2 amide bonds. The van der Waals surface area contributed by atoms with Gasteiger partial charge in [0.1, 0.15) is 11.4 Å². The number of amides is 2. The van der Waals surface area contributed by atoms with Gasteiger partial charge >= 0.3 is 18.2 Å². The molecule has 0 saturated heterocycles. The molecular weight excluding hydrogens is 387 g/mol. The fraction of sp³-hybridized carbons (Fsp3) is 0.200. The average molecular weight is 403 g/mol. The highest BCUT2D eigenvalue weighted by atomic mass is 19.4. The Kier molecular flexibility index (Phi) is 4.07. The van der Waals surface area contributed by atoms with Gasteiger partial charge in [0.15, 0.2) is 5.54 Å². The molecular formula is C20H16F3N3O3. The Morgan fingerprint density at radius 3 is 2.21 bits per heavy atom. The number of anilines is 2. The molecule has 6 nitrogen and oxygen atoms in total. The summed E-state index contributed by atoms with van der Waals surface area (Å²) >= 11 is 0. The summed E-state index contributed by atoms with van der Waals surface area (Å²) in [6.45, 7) is 0. The van der Waals surface area contributed by atoms with Crippen molar-refractivity contribution >= 4 is 23.4 Å². The van der Waals surface area contributed by atoms with Gasteiger partial charge in [-0.2, -0.15) is 13.2 Å². The molecule has 1 atom stereocenters. The van der Waals surface area contributed by atoms with E-state index in [0.717, 1.165) is 12.0 Å². The molecule has 2 aromatic carbocycles.